The minimum absolute atomic E-state index is 0.249. The van der Waals surface area contributed by atoms with Gasteiger partial charge in [0, 0.05) is 6.42 Å². The van der Waals surface area contributed by atoms with E-state index in [4.69, 9.17) is 28.4 Å². The van der Waals surface area contributed by atoms with Gasteiger partial charge in [-0.3, -0.25) is 4.79 Å². The average Bonchev–Trinajstić information content (AvgIpc) is 3.41. The van der Waals surface area contributed by atoms with E-state index in [9.17, 15) is 61.0 Å². The summed E-state index contributed by atoms with van der Waals surface area (Å²) in [6, 6.07) is -0.879. The van der Waals surface area contributed by atoms with Gasteiger partial charge in [0.25, 0.3) is 0 Å². The van der Waals surface area contributed by atoms with Gasteiger partial charge in [-0.15, -0.1) is 0 Å². The third-order valence-electron chi connectivity index (χ3n) is 15.1. The van der Waals surface area contributed by atoms with Crippen LogP contribution in [0.15, 0.2) is 12.2 Å². The van der Waals surface area contributed by atoms with Crippen LogP contribution >= 0.6 is 0 Å². The van der Waals surface area contributed by atoms with E-state index >= 15 is 0 Å². The molecule has 17 atom stereocenters. The van der Waals surface area contributed by atoms with Crippen LogP contribution in [0.5, 0.6) is 0 Å². The Morgan fingerprint density at radius 1 is 0.467 bits per heavy atom. The maximum absolute atomic E-state index is 13.2. The van der Waals surface area contributed by atoms with Crippen LogP contribution in [0.4, 0.5) is 0 Å². The molecule has 0 radical (unpaired) electrons. The molecule has 1 amide bonds. The molecule has 3 rings (SSSR count). The van der Waals surface area contributed by atoms with Crippen LogP contribution in [0.2, 0.25) is 0 Å². The van der Waals surface area contributed by atoms with E-state index in [0.717, 1.165) is 51.4 Å². The Bertz CT molecular complexity index is 1430. The molecule has 3 fully saturated rings. The Morgan fingerprint density at radius 3 is 1.29 bits per heavy atom. The Morgan fingerprint density at radius 2 is 0.840 bits per heavy atom. The summed E-state index contributed by atoms with van der Waals surface area (Å²) in [5.41, 5.74) is 0. The van der Waals surface area contributed by atoms with Crippen molar-refractivity contribution in [3.05, 3.63) is 12.2 Å². The maximum Gasteiger partial charge on any atom is 0.220 e. The fourth-order valence-corrected chi connectivity index (χ4v) is 10.2. The first-order chi connectivity index (χ1) is 36.3. The molecule has 0 spiro atoms. The Kier molecular flexibility index (Phi) is 36.8. The van der Waals surface area contributed by atoms with E-state index in [1.165, 1.54) is 122 Å². The molecular weight excluding hydrogens is 975 g/mol. The summed E-state index contributed by atoms with van der Waals surface area (Å²) in [6.45, 7) is 1.68. The SMILES string of the molecule is CCCCCCCCCC/C=C\CCCCCCCCCCCCCCCC(=O)NC(COC1OC(CO)C(OC2OC(CO)C(OC3OC(CO)C(O)C(O)C3O)C(O)C2O)C(O)C1O)C(O)CCCCCCC. The lowest BCUT2D eigenvalue weighted by Crippen LogP contribution is -2.66. The summed E-state index contributed by atoms with van der Waals surface area (Å²) in [5, 5.41) is 120. The van der Waals surface area contributed by atoms with Gasteiger partial charge in [0.15, 0.2) is 18.9 Å². The summed E-state index contributed by atoms with van der Waals surface area (Å²) < 4.78 is 34.1. The Labute approximate surface area is 448 Å². The van der Waals surface area contributed by atoms with Crippen molar-refractivity contribution in [3.63, 3.8) is 0 Å². The maximum atomic E-state index is 13.2. The van der Waals surface area contributed by atoms with Crippen LogP contribution < -0.4 is 5.32 Å². The van der Waals surface area contributed by atoms with E-state index in [2.05, 4.69) is 31.3 Å². The first-order valence-corrected chi connectivity index (χ1v) is 29.4. The van der Waals surface area contributed by atoms with Crippen LogP contribution in [0, 0.1) is 0 Å². The second-order valence-electron chi connectivity index (χ2n) is 21.5. The molecule has 0 bridgehead atoms. The predicted octanol–water partition coefficient (Wildman–Crippen LogP) is 4.60. The number of carbonyl (C=O) groups excluding carboxylic acids is 1. The number of amides is 1. The van der Waals surface area contributed by atoms with Crippen LogP contribution in [-0.2, 0) is 33.2 Å². The van der Waals surface area contributed by atoms with E-state index in [1.54, 1.807) is 0 Å². The molecular formula is C56H105NO18. The van der Waals surface area contributed by atoms with Gasteiger partial charge in [-0.1, -0.05) is 174 Å². The largest absolute Gasteiger partial charge is 0.394 e. The smallest absolute Gasteiger partial charge is 0.220 e. The second-order valence-corrected chi connectivity index (χ2v) is 21.5. The molecule has 0 aromatic rings. The first-order valence-electron chi connectivity index (χ1n) is 29.4. The third kappa shape index (κ3) is 25.3. The molecule has 3 heterocycles. The molecule has 442 valence electrons. The number of ether oxygens (including phenoxy) is 6. The lowest BCUT2D eigenvalue weighted by atomic mass is 9.96. The van der Waals surface area contributed by atoms with Crippen LogP contribution in [-0.4, -0.2) is 193 Å². The van der Waals surface area contributed by atoms with Gasteiger partial charge < -0.3 is 89.9 Å². The van der Waals surface area contributed by atoms with Crippen molar-refractivity contribution in [2.75, 3.05) is 26.4 Å². The highest BCUT2D eigenvalue weighted by Gasteiger charge is 2.53. The standard InChI is InChI=1S/C56H105NO18/c1-3-5-7-9-10-11-12-13-14-15-16-17-18-19-20-21-22-23-24-25-26-27-28-30-32-34-44(62)57-39(40(61)33-31-29-8-6-4-2)38-70-54-50(68)47(65)52(42(36-59)72-54)75-56-51(69)48(66)53(43(37-60)73-56)74-55-49(67)46(64)45(63)41(35-58)71-55/h15-16,39-43,45-56,58-61,63-69H,3-14,17-38H2,1-2H3,(H,57,62)/b16-15-. The summed E-state index contributed by atoms with van der Waals surface area (Å²) in [4.78, 5) is 13.2. The lowest BCUT2D eigenvalue weighted by molar-refractivity contribution is -0.379. The van der Waals surface area contributed by atoms with E-state index in [0.29, 0.717) is 12.8 Å². The van der Waals surface area contributed by atoms with Crippen LogP contribution in [0.1, 0.15) is 206 Å². The molecule has 0 saturated carbocycles. The van der Waals surface area contributed by atoms with E-state index in [-0.39, 0.29) is 18.9 Å². The van der Waals surface area contributed by atoms with Gasteiger partial charge in [-0.05, 0) is 38.5 Å². The van der Waals surface area contributed by atoms with Crippen molar-refractivity contribution >= 4 is 5.91 Å². The molecule has 17 unspecified atom stereocenters. The number of nitrogens with one attached hydrogen (secondary N) is 1. The fourth-order valence-electron chi connectivity index (χ4n) is 10.2. The number of aliphatic hydroxyl groups excluding tert-OH is 11. The molecule has 19 heteroatoms. The van der Waals surface area contributed by atoms with Gasteiger partial charge in [0.1, 0.15) is 73.2 Å². The fraction of sp³-hybridized carbons (Fsp3) is 0.946. The highest BCUT2D eigenvalue weighted by molar-refractivity contribution is 5.76. The van der Waals surface area contributed by atoms with Gasteiger partial charge in [-0.2, -0.15) is 0 Å². The van der Waals surface area contributed by atoms with Gasteiger partial charge >= 0.3 is 0 Å². The highest BCUT2D eigenvalue weighted by atomic mass is 16.8. The molecule has 3 saturated heterocycles. The topological polar surface area (TPSA) is 307 Å². The Hall–Kier alpha value is -1.47. The van der Waals surface area contributed by atoms with Crippen molar-refractivity contribution in [1.82, 2.24) is 5.32 Å². The molecule has 0 aromatic carbocycles. The number of hydrogen-bond acceptors (Lipinski definition) is 18. The minimum atomic E-state index is -1.97. The molecule has 75 heavy (non-hydrogen) atoms. The summed E-state index contributed by atoms with van der Waals surface area (Å²) in [5.74, 6) is -0.249. The molecule has 3 aliphatic heterocycles. The highest BCUT2D eigenvalue weighted by Crippen LogP contribution is 2.33. The summed E-state index contributed by atoms with van der Waals surface area (Å²) in [6.07, 6.45) is 12.5. The zero-order valence-corrected chi connectivity index (χ0v) is 45.8. The van der Waals surface area contributed by atoms with Crippen molar-refractivity contribution in [2.24, 2.45) is 0 Å². The van der Waals surface area contributed by atoms with Gasteiger partial charge in [0.05, 0.1) is 38.6 Å². The first kappa shape index (κ1) is 67.8. The molecule has 19 nitrogen and oxygen atoms in total. The number of hydrogen-bond donors (Lipinski definition) is 12. The second kappa shape index (κ2) is 40.7. The summed E-state index contributed by atoms with van der Waals surface area (Å²) in [7, 11) is 0. The zero-order chi connectivity index (χ0) is 54.8. The van der Waals surface area contributed by atoms with E-state index in [1.807, 2.05) is 0 Å². The number of unbranched alkanes of at least 4 members (excludes halogenated alkanes) is 25. The number of allylic oxidation sites excluding steroid dienone is 2. The summed E-state index contributed by atoms with van der Waals surface area (Å²) >= 11 is 0. The predicted molar refractivity (Wildman–Crippen MR) is 282 cm³/mol. The number of aliphatic hydroxyl groups is 11. The normalized spacial score (nSPS) is 31.2. The number of carbonyl (C=O) groups is 1. The number of rotatable bonds is 43. The molecule has 12 N–H and O–H groups in total. The van der Waals surface area contributed by atoms with Crippen molar-refractivity contribution in [1.29, 1.82) is 0 Å². The van der Waals surface area contributed by atoms with Crippen molar-refractivity contribution < 1.29 is 89.4 Å². The molecule has 3 aliphatic rings. The average molecular weight is 1080 g/mol. The third-order valence-corrected chi connectivity index (χ3v) is 15.1. The van der Waals surface area contributed by atoms with Crippen molar-refractivity contribution in [3.8, 4) is 0 Å². The van der Waals surface area contributed by atoms with Crippen LogP contribution in [0.25, 0.3) is 0 Å². The zero-order valence-electron chi connectivity index (χ0n) is 45.8. The van der Waals surface area contributed by atoms with Crippen LogP contribution in [0.3, 0.4) is 0 Å². The minimum Gasteiger partial charge on any atom is -0.394 e. The molecule has 0 aromatic heterocycles. The monoisotopic (exact) mass is 1080 g/mol. The van der Waals surface area contributed by atoms with Gasteiger partial charge in [-0.25, -0.2) is 0 Å². The Balaban J connectivity index is 1.37. The lowest BCUT2D eigenvalue weighted by Gasteiger charge is -2.48. The van der Waals surface area contributed by atoms with Gasteiger partial charge in [0.2, 0.25) is 5.91 Å². The van der Waals surface area contributed by atoms with Crippen molar-refractivity contribution in [2.45, 2.75) is 311 Å². The van der Waals surface area contributed by atoms with E-state index < -0.39 is 124 Å². The quantitative estimate of drug-likeness (QED) is 0.0293. The molecule has 0 aliphatic carbocycles.